The molecule has 3 nitrogen and oxygen atoms in total. The molecule has 0 amide bonds. The van der Waals surface area contributed by atoms with Crippen LogP contribution in [0, 0.1) is 0 Å². The molecule has 1 N–H and O–H groups in total. The largest absolute Gasteiger partial charge is 0.378 e. The van der Waals surface area contributed by atoms with Gasteiger partial charge in [0.15, 0.2) is 0 Å². The smallest absolute Gasteiger partial charge is 0.129 e. The van der Waals surface area contributed by atoms with E-state index in [-0.39, 0.29) is 0 Å². The summed E-state index contributed by atoms with van der Waals surface area (Å²) in [5.41, 5.74) is 2.83. The number of aryl methyl sites for hydroxylation is 1. The van der Waals surface area contributed by atoms with Crippen molar-refractivity contribution in [1.82, 2.24) is 9.55 Å². The van der Waals surface area contributed by atoms with Crippen molar-refractivity contribution in [2.24, 2.45) is 7.05 Å². The van der Waals surface area contributed by atoms with Crippen LogP contribution >= 0.6 is 23.2 Å². The van der Waals surface area contributed by atoms with E-state index in [0.717, 1.165) is 22.5 Å². The lowest BCUT2D eigenvalue weighted by Gasteiger charge is -2.07. The lowest BCUT2D eigenvalue weighted by atomic mass is 10.3. The lowest BCUT2D eigenvalue weighted by molar-refractivity contribution is 0.834. The van der Waals surface area contributed by atoms with Gasteiger partial charge in [0.25, 0.3) is 0 Å². The van der Waals surface area contributed by atoms with Crippen molar-refractivity contribution in [3.05, 3.63) is 58.3 Å². The number of imidazole rings is 1. The molecule has 0 atom stereocenters. The Morgan fingerprint density at radius 1 is 1.15 bits per heavy atom. The van der Waals surface area contributed by atoms with Crippen molar-refractivity contribution in [3.8, 4) is 0 Å². The molecule has 0 aliphatic carbocycles. The average molecular weight is 306 g/mol. The number of hydrogen-bond acceptors (Lipinski definition) is 2. The molecule has 0 radical (unpaired) electrons. The first-order valence-electron chi connectivity index (χ1n) is 6.24. The standard InChI is InChI=1S/C15H13Cl2N3/c1-20-14(9-18-11-5-2-4-10(16)8-11)19-13-7-3-6-12(17)15(13)20/h2-8,18H,9H2,1H3. The van der Waals surface area contributed by atoms with E-state index in [1.54, 1.807) is 0 Å². The van der Waals surface area contributed by atoms with Gasteiger partial charge < -0.3 is 9.88 Å². The molecule has 0 saturated carbocycles. The van der Waals surface area contributed by atoms with E-state index >= 15 is 0 Å². The van der Waals surface area contributed by atoms with Crippen LogP contribution in [0.1, 0.15) is 5.82 Å². The van der Waals surface area contributed by atoms with E-state index in [9.17, 15) is 0 Å². The number of nitrogens with zero attached hydrogens (tertiary/aromatic N) is 2. The second-order valence-corrected chi connectivity index (χ2v) is 5.40. The number of rotatable bonds is 3. The maximum absolute atomic E-state index is 6.21. The van der Waals surface area contributed by atoms with Gasteiger partial charge in [0.05, 0.1) is 22.6 Å². The second-order valence-electron chi connectivity index (χ2n) is 4.56. The highest BCUT2D eigenvalue weighted by Crippen LogP contribution is 2.24. The number of anilines is 1. The van der Waals surface area contributed by atoms with Gasteiger partial charge in [-0.1, -0.05) is 35.3 Å². The van der Waals surface area contributed by atoms with Crippen molar-refractivity contribution in [2.45, 2.75) is 6.54 Å². The van der Waals surface area contributed by atoms with Crippen LogP contribution in [0.2, 0.25) is 10.0 Å². The summed E-state index contributed by atoms with van der Waals surface area (Å²) in [6.45, 7) is 0.613. The summed E-state index contributed by atoms with van der Waals surface area (Å²) in [7, 11) is 1.97. The van der Waals surface area contributed by atoms with Crippen molar-refractivity contribution < 1.29 is 0 Å². The molecule has 0 bridgehead atoms. The summed E-state index contributed by atoms with van der Waals surface area (Å²) < 4.78 is 2.01. The Kier molecular flexibility index (Phi) is 3.55. The van der Waals surface area contributed by atoms with Crippen molar-refractivity contribution in [3.63, 3.8) is 0 Å². The third kappa shape index (κ3) is 2.47. The monoisotopic (exact) mass is 305 g/mol. The summed E-state index contributed by atoms with van der Waals surface area (Å²) >= 11 is 12.2. The maximum atomic E-state index is 6.21. The van der Waals surface area contributed by atoms with Gasteiger partial charge in [0, 0.05) is 17.8 Å². The molecule has 3 rings (SSSR count). The number of benzene rings is 2. The van der Waals surface area contributed by atoms with Gasteiger partial charge in [0.1, 0.15) is 5.82 Å². The Hall–Kier alpha value is -1.71. The minimum atomic E-state index is 0.613. The van der Waals surface area contributed by atoms with Gasteiger partial charge in [-0.2, -0.15) is 0 Å². The summed E-state index contributed by atoms with van der Waals surface area (Å²) in [6, 6.07) is 13.4. The fourth-order valence-corrected chi connectivity index (χ4v) is 2.69. The van der Waals surface area contributed by atoms with Crippen molar-refractivity contribution >= 4 is 39.9 Å². The SMILES string of the molecule is Cn1c(CNc2cccc(Cl)c2)nc2cccc(Cl)c21. The highest BCUT2D eigenvalue weighted by atomic mass is 35.5. The van der Waals surface area contributed by atoms with Crippen LogP contribution in [0.3, 0.4) is 0 Å². The van der Waals surface area contributed by atoms with E-state index in [0.29, 0.717) is 16.6 Å². The molecule has 0 aliphatic rings. The van der Waals surface area contributed by atoms with E-state index in [1.165, 1.54) is 0 Å². The van der Waals surface area contributed by atoms with Crippen LogP contribution in [0.25, 0.3) is 11.0 Å². The molecule has 2 aromatic carbocycles. The van der Waals surface area contributed by atoms with Gasteiger partial charge in [-0.15, -0.1) is 0 Å². The summed E-state index contributed by atoms with van der Waals surface area (Å²) in [4.78, 5) is 4.59. The Morgan fingerprint density at radius 3 is 2.70 bits per heavy atom. The van der Waals surface area contributed by atoms with Crippen LogP contribution in [-0.4, -0.2) is 9.55 Å². The Balaban J connectivity index is 1.88. The molecule has 0 unspecified atom stereocenters. The molecule has 5 heteroatoms. The third-order valence-corrected chi connectivity index (χ3v) is 3.75. The Morgan fingerprint density at radius 2 is 1.95 bits per heavy atom. The van der Waals surface area contributed by atoms with Gasteiger partial charge in [-0.3, -0.25) is 0 Å². The van der Waals surface area contributed by atoms with Crippen LogP contribution in [-0.2, 0) is 13.6 Å². The van der Waals surface area contributed by atoms with Crippen molar-refractivity contribution in [2.75, 3.05) is 5.32 Å². The summed E-state index contributed by atoms with van der Waals surface area (Å²) in [5.74, 6) is 0.924. The molecule has 1 heterocycles. The molecular formula is C15H13Cl2N3. The number of fused-ring (bicyclic) bond motifs is 1. The zero-order valence-corrected chi connectivity index (χ0v) is 12.4. The summed E-state index contributed by atoms with van der Waals surface area (Å²) in [5, 5.41) is 4.74. The molecular weight excluding hydrogens is 293 g/mol. The third-order valence-electron chi connectivity index (χ3n) is 3.21. The molecule has 0 aliphatic heterocycles. The maximum Gasteiger partial charge on any atom is 0.129 e. The molecule has 0 spiro atoms. The van der Waals surface area contributed by atoms with Crippen molar-refractivity contribution in [1.29, 1.82) is 0 Å². The Bertz CT molecular complexity index is 765. The van der Waals surface area contributed by atoms with Gasteiger partial charge in [-0.25, -0.2) is 4.98 Å². The predicted octanol–water partition coefficient (Wildman–Crippen LogP) is 4.49. The van der Waals surface area contributed by atoms with E-state index in [4.69, 9.17) is 23.2 Å². The number of para-hydroxylation sites is 1. The zero-order chi connectivity index (χ0) is 14.1. The molecule has 0 saturated heterocycles. The molecule has 0 fully saturated rings. The lowest BCUT2D eigenvalue weighted by Crippen LogP contribution is -2.05. The topological polar surface area (TPSA) is 29.9 Å². The normalized spacial score (nSPS) is 10.9. The average Bonchev–Trinajstić information content (AvgIpc) is 2.75. The van der Waals surface area contributed by atoms with Crippen LogP contribution < -0.4 is 5.32 Å². The molecule has 1 aromatic heterocycles. The van der Waals surface area contributed by atoms with Gasteiger partial charge >= 0.3 is 0 Å². The highest BCUT2D eigenvalue weighted by molar-refractivity contribution is 6.35. The van der Waals surface area contributed by atoms with Gasteiger partial charge in [-0.05, 0) is 30.3 Å². The first-order valence-corrected chi connectivity index (χ1v) is 7.00. The minimum absolute atomic E-state index is 0.613. The van der Waals surface area contributed by atoms with E-state index in [2.05, 4.69) is 10.3 Å². The fourth-order valence-electron chi connectivity index (χ4n) is 2.21. The molecule has 20 heavy (non-hydrogen) atoms. The van der Waals surface area contributed by atoms with E-state index < -0.39 is 0 Å². The number of aromatic nitrogens is 2. The molecule has 3 aromatic rings. The van der Waals surface area contributed by atoms with Crippen LogP contribution in [0.15, 0.2) is 42.5 Å². The summed E-state index contributed by atoms with van der Waals surface area (Å²) in [6.07, 6.45) is 0. The molecule has 102 valence electrons. The minimum Gasteiger partial charge on any atom is -0.378 e. The Labute approximate surface area is 127 Å². The van der Waals surface area contributed by atoms with Crippen LogP contribution in [0.5, 0.6) is 0 Å². The number of nitrogens with one attached hydrogen (secondary N) is 1. The van der Waals surface area contributed by atoms with Gasteiger partial charge in [0.2, 0.25) is 0 Å². The highest BCUT2D eigenvalue weighted by Gasteiger charge is 2.10. The number of hydrogen-bond donors (Lipinski definition) is 1. The number of halogens is 2. The van der Waals surface area contributed by atoms with E-state index in [1.807, 2.05) is 54.1 Å². The quantitative estimate of drug-likeness (QED) is 0.772. The fraction of sp³-hybridized carbons (Fsp3) is 0.133. The predicted molar refractivity (Wildman–Crippen MR) is 84.5 cm³/mol. The van der Waals surface area contributed by atoms with Crippen LogP contribution in [0.4, 0.5) is 5.69 Å². The first kappa shape index (κ1) is 13.3. The first-order chi connectivity index (χ1) is 9.65. The second kappa shape index (κ2) is 5.35. The zero-order valence-electron chi connectivity index (χ0n) is 10.9.